The van der Waals surface area contributed by atoms with Crippen LogP contribution < -0.4 is 14.9 Å². The molecule has 96 valence electrons. The first-order chi connectivity index (χ1) is 9.16. The van der Waals surface area contributed by atoms with Gasteiger partial charge in [-0.3, -0.25) is 4.79 Å². The first-order valence-corrected chi connectivity index (χ1v) is 5.51. The molecular formula is C13H9NO5. The van der Waals surface area contributed by atoms with E-state index in [1.807, 2.05) is 0 Å². The second kappa shape index (κ2) is 4.16. The van der Waals surface area contributed by atoms with Gasteiger partial charge in [0.2, 0.25) is 12.2 Å². The Balaban J connectivity index is 2.15. The molecule has 0 spiro atoms. The molecule has 0 saturated heterocycles. The van der Waals surface area contributed by atoms with Crippen molar-refractivity contribution in [2.75, 3.05) is 6.79 Å². The zero-order valence-corrected chi connectivity index (χ0v) is 9.67. The molecule has 0 radical (unpaired) electrons. The normalized spacial score (nSPS) is 12.4. The molecule has 0 atom stereocenters. The van der Waals surface area contributed by atoms with Gasteiger partial charge >= 0.3 is 5.97 Å². The van der Waals surface area contributed by atoms with Gasteiger partial charge in [0, 0.05) is 18.0 Å². The summed E-state index contributed by atoms with van der Waals surface area (Å²) in [5.74, 6) is -0.115. The van der Waals surface area contributed by atoms with E-state index in [1.54, 1.807) is 18.2 Å². The second-order valence-electron chi connectivity index (χ2n) is 3.99. The largest absolute Gasteiger partial charge is 0.477 e. The quantitative estimate of drug-likeness (QED) is 0.852. The number of carboxylic acid groups (broad SMARTS) is 1. The number of nitrogens with one attached hydrogen (secondary N) is 1. The third-order valence-corrected chi connectivity index (χ3v) is 2.86. The van der Waals surface area contributed by atoms with Crippen LogP contribution in [0.25, 0.3) is 11.1 Å². The number of aromatic amines is 1. The van der Waals surface area contributed by atoms with Gasteiger partial charge in [-0.1, -0.05) is 6.07 Å². The van der Waals surface area contributed by atoms with Crippen LogP contribution in [0, 0.1) is 0 Å². The maximum absolute atomic E-state index is 12.0. The number of rotatable bonds is 2. The monoisotopic (exact) mass is 259 g/mol. The van der Waals surface area contributed by atoms with Gasteiger partial charge in [-0.25, -0.2) is 4.79 Å². The van der Waals surface area contributed by atoms with Gasteiger partial charge in [0.05, 0.1) is 0 Å². The van der Waals surface area contributed by atoms with Crippen LogP contribution in [0.2, 0.25) is 0 Å². The maximum Gasteiger partial charge on any atom is 0.341 e. The van der Waals surface area contributed by atoms with E-state index >= 15 is 0 Å². The van der Waals surface area contributed by atoms with Crippen LogP contribution in [0.3, 0.4) is 0 Å². The average Bonchev–Trinajstić information content (AvgIpc) is 2.85. The lowest BCUT2D eigenvalue weighted by atomic mass is 10.0. The van der Waals surface area contributed by atoms with Crippen LogP contribution in [0.15, 0.2) is 35.4 Å². The Labute approximate surface area is 107 Å². The number of aromatic nitrogens is 1. The van der Waals surface area contributed by atoms with Crippen molar-refractivity contribution in [1.29, 1.82) is 0 Å². The van der Waals surface area contributed by atoms with Crippen LogP contribution >= 0.6 is 0 Å². The van der Waals surface area contributed by atoms with Crippen molar-refractivity contribution in [3.8, 4) is 22.6 Å². The number of H-pyrrole nitrogens is 1. The van der Waals surface area contributed by atoms with Crippen molar-refractivity contribution in [3.05, 3.63) is 46.4 Å². The van der Waals surface area contributed by atoms with Crippen LogP contribution in [0.5, 0.6) is 11.5 Å². The number of benzene rings is 1. The average molecular weight is 259 g/mol. The lowest BCUT2D eigenvalue weighted by Crippen LogP contribution is -2.16. The Bertz CT molecular complexity index is 719. The summed E-state index contributed by atoms with van der Waals surface area (Å²) in [5.41, 5.74) is 0.0204. The minimum atomic E-state index is -1.26. The molecule has 19 heavy (non-hydrogen) atoms. The number of hydrogen-bond acceptors (Lipinski definition) is 4. The molecular weight excluding hydrogens is 250 g/mol. The molecule has 0 saturated carbocycles. The smallest absolute Gasteiger partial charge is 0.341 e. The standard InChI is InChI=1S/C13H9NO5/c15-12-8(4-14-5-9(12)13(16)17)7-1-2-10-11(3-7)19-6-18-10/h1-5H,6H2,(H,14,15)(H,16,17). The van der Waals surface area contributed by atoms with Gasteiger partial charge in [0.15, 0.2) is 11.5 Å². The molecule has 3 rings (SSSR count). The highest BCUT2D eigenvalue weighted by Crippen LogP contribution is 2.35. The third-order valence-electron chi connectivity index (χ3n) is 2.86. The SMILES string of the molecule is O=C(O)c1c[nH]cc(-c2ccc3c(c2)OCO3)c1=O. The Morgan fingerprint density at radius 1 is 1.21 bits per heavy atom. The molecule has 0 bridgehead atoms. The van der Waals surface area contributed by atoms with E-state index in [2.05, 4.69) is 4.98 Å². The Morgan fingerprint density at radius 3 is 2.79 bits per heavy atom. The molecule has 0 unspecified atom stereocenters. The van der Waals surface area contributed by atoms with Crippen LogP contribution in [0.4, 0.5) is 0 Å². The lowest BCUT2D eigenvalue weighted by Gasteiger charge is -2.03. The number of fused-ring (bicyclic) bond motifs is 1. The van der Waals surface area contributed by atoms with Crippen molar-refractivity contribution in [3.63, 3.8) is 0 Å². The number of carbonyl (C=O) groups is 1. The fourth-order valence-corrected chi connectivity index (χ4v) is 1.92. The number of carboxylic acids is 1. The Morgan fingerprint density at radius 2 is 2.00 bits per heavy atom. The maximum atomic E-state index is 12.0. The topological polar surface area (TPSA) is 88.6 Å². The summed E-state index contributed by atoms with van der Waals surface area (Å²) in [7, 11) is 0. The highest BCUT2D eigenvalue weighted by atomic mass is 16.7. The first kappa shape index (κ1) is 11.3. The van der Waals surface area contributed by atoms with Crippen LogP contribution in [-0.2, 0) is 0 Å². The summed E-state index contributed by atoms with van der Waals surface area (Å²) in [6.07, 6.45) is 2.63. The van der Waals surface area contributed by atoms with Gasteiger partial charge in [-0.15, -0.1) is 0 Å². The van der Waals surface area contributed by atoms with Gasteiger partial charge in [0.1, 0.15) is 5.56 Å². The summed E-state index contributed by atoms with van der Waals surface area (Å²) < 4.78 is 10.4. The van der Waals surface area contributed by atoms with Crippen molar-refractivity contribution in [2.45, 2.75) is 0 Å². The van der Waals surface area contributed by atoms with Gasteiger partial charge in [-0.2, -0.15) is 0 Å². The third kappa shape index (κ3) is 1.83. The summed E-state index contributed by atoms with van der Waals surface area (Å²) >= 11 is 0. The zero-order chi connectivity index (χ0) is 13.4. The molecule has 1 aromatic heterocycles. The molecule has 2 aromatic rings. The molecule has 0 amide bonds. The van der Waals surface area contributed by atoms with Crippen molar-refractivity contribution < 1.29 is 19.4 Å². The van der Waals surface area contributed by atoms with Crippen molar-refractivity contribution in [2.24, 2.45) is 0 Å². The molecule has 2 heterocycles. The van der Waals surface area contributed by atoms with Gasteiger partial charge < -0.3 is 19.6 Å². The predicted octanol–water partition coefficient (Wildman–Crippen LogP) is 1.47. The van der Waals surface area contributed by atoms with E-state index in [4.69, 9.17) is 14.6 Å². The second-order valence-corrected chi connectivity index (χ2v) is 3.99. The van der Waals surface area contributed by atoms with E-state index in [-0.39, 0.29) is 17.9 Å². The Kier molecular flexibility index (Phi) is 2.49. The summed E-state index contributed by atoms with van der Waals surface area (Å²) in [6, 6.07) is 5.02. The van der Waals surface area contributed by atoms with E-state index in [0.29, 0.717) is 17.1 Å². The van der Waals surface area contributed by atoms with E-state index in [0.717, 1.165) is 0 Å². The molecule has 0 aliphatic carbocycles. The fourth-order valence-electron chi connectivity index (χ4n) is 1.92. The summed E-state index contributed by atoms with van der Waals surface area (Å²) in [4.78, 5) is 25.6. The fraction of sp³-hybridized carbons (Fsp3) is 0.0769. The highest BCUT2D eigenvalue weighted by molar-refractivity contribution is 5.88. The van der Waals surface area contributed by atoms with E-state index in [9.17, 15) is 9.59 Å². The highest BCUT2D eigenvalue weighted by Gasteiger charge is 2.17. The molecule has 1 aromatic carbocycles. The molecule has 1 aliphatic rings. The number of hydrogen-bond donors (Lipinski definition) is 2. The predicted molar refractivity (Wildman–Crippen MR) is 65.6 cm³/mol. The van der Waals surface area contributed by atoms with Gasteiger partial charge in [-0.05, 0) is 17.7 Å². The zero-order valence-electron chi connectivity index (χ0n) is 9.67. The van der Waals surface area contributed by atoms with Crippen LogP contribution in [-0.4, -0.2) is 22.9 Å². The number of ether oxygens (including phenoxy) is 2. The minimum absolute atomic E-state index is 0.143. The number of pyridine rings is 1. The molecule has 6 nitrogen and oxygen atoms in total. The van der Waals surface area contributed by atoms with Crippen molar-refractivity contribution in [1.82, 2.24) is 4.98 Å². The number of aromatic carboxylic acids is 1. The van der Waals surface area contributed by atoms with Gasteiger partial charge in [0.25, 0.3) is 0 Å². The Hall–Kier alpha value is -2.76. The first-order valence-electron chi connectivity index (χ1n) is 5.51. The van der Waals surface area contributed by atoms with E-state index < -0.39 is 11.4 Å². The molecule has 6 heteroatoms. The molecule has 0 fully saturated rings. The summed E-state index contributed by atoms with van der Waals surface area (Å²) in [6.45, 7) is 0.143. The van der Waals surface area contributed by atoms with E-state index in [1.165, 1.54) is 12.4 Å². The van der Waals surface area contributed by atoms with Crippen molar-refractivity contribution >= 4 is 5.97 Å². The minimum Gasteiger partial charge on any atom is -0.477 e. The summed E-state index contributed by atoms with van der Waals surface area (Å²) in [5, 5.41) is 8.93. The van der Waals surface area contributed by atoms with Crippen LogP contribution in [0.1, 0.15) is 10.4 Å². The lowest BCUT2D eigenvalue weighted by molar-refractivity contribution is 0.0695. The molecule has 2 N–H and O–H groups in total. The molecule has 1 aliphatic heterocycles.